The number of fused-ring (bicyclic) bond motifs is 1. The number of amides is 1. The molecule has 19 heavy (non-hydrogen) atoms. The summed E-state index contributed by atoms with van der Waals surface area (Å²) in [6.45, 7) is 4.44. The van der Waals surface area contributed by atoms with Gasteiger partial charge < -0.3 is 15.5 Å². The van der Waals surface area contributed by atoms with E-state index in [1.54, 1.807) is 13.1 Å². The summed E-state index contributed by atoms with van der Waals surface area (Å²) in [5.41, 5.74) is 6.34. The lowest BCUT2D eigenvalue weighted by Crippen LogP contribution is -2.48. The van der Waals surface area contributed by atoms with E-state index >= 15 is 0 Å². The van der Waals surface area contributed by atoms with Crippen LogP contribution in [0.25, 0.3) is 11.0 Å². The smallest absolute Gasteiger partial charge is 0.224 e. The second kappa shape index (κ2) is 4.38. The van der Waals surface area contributed by atoms with E-state index in [-0.39, 0.29) is 11.9 Å². The van der Waals surface area contributed by atoms with E-state index in [2.05, 4.69) is 25.1 Å². The first kappa shape index (κ1) is 11.7. The van der Waals surface area contributed by atoms with E-state index in [0.29, 0.717) is 18.7 Å². The molecule has 8 heteroatoms. The Morgan fingerprint density at radius 3 is 2.74 bits per heavy atom. The van der Waals surface area contributed by atoms with E-state index < -0.39 is 0 Å². The van der Waals surface area contributed by atoms with E-state index in [4.69, 9.17) is 5.73 Å². The molecule has 0 spiro atoms. The average Bonchev–Trinajstić information content (AvgIpc) is 2.85. The van der Waals surface area contributed by atoms with Gasteiger partial charge >= 0.3 is 0 Å². The first-order valence-corrected chi connectivity index (χ1v) is 6.12. The van der Waals surface area contributed by atoms with E-state index in [1.807, 2.05) is 4.90 Å². The SMILES string of the molecule is CC(=O)N1CCN(c2nc(N)nc3[nH]ncc23)CC1. The van der Waals surface area contributed by atoms with Gasteiger partial charge in [-0.1, -0.05) is 0 Å². The molecule has 0 radical (unpaired) electrons. The van der Waals surface area contributed by atoms with E-state index in [0.717, 1.165) is 24.3 Å². The molecule has 2 aromatic heterocycles. The van der Waals surface area contributed by atoms with Gasteiger partial charge in [0.2, 0.25) is 11.9 Å². The maximum atomic E-state index is 11.3. The zero-order valence-electron chi connectivity index (χ0n) is 10.6. The molecule has 100 valence electrons. The van der Waals surface area contributed by atoms with Gasteiger partial charge in [-0.25, -0.2) is 0 Å². The van der Waals surface area contributed by atoms with Crippen LogP contribution in [-0.4, -0.2) is 57.2 Å². The van der Waals surface area contributed by atoms with Gasteiger partial charge in [-0.15, -0.1) is 0 Å². The Kier molecular flexibility index (Phi) is 2.69. The number of piperazine rings is 1. The van der Waals surface area contributed by atoms with Crippen LogP contribution in [-0.2, 0) is 4.79 Å². The summed E-state index contributed by atoms with van der Waals surface area (Å²) in [6, 6.07) is 0. The third-order valence-electron chi connectivity index (χ3n) is 3.33. The van der Waals surface area contributed by atoms with Gasteiger partial charge in [0, 0.05) is 33.1 Å². The van der Waals surface area contributed by atoms with Crippen LogP contribution >= 0.6 is 0 Å². The van der Waals surface area contributed by atoms with Crippen molar-refractivity contribution >= 4 is 28.7 Å². The summed E-state index contributed by atoms with van der Waals surface area (Å²) in [5, 5.41) is 7.61. The number of rotatable bonds is 1. The number of nitrogens with one attached hydrogen (secondary N) is 1. The second-order valence-corrected chi connectivity index (χ2v) is 4.53. The number of carbonyl (C=O) groups excluding carboxylic acids is 1. The normalized spacial score (nSPS) is 16.1. The lowest BCUT2D eigenvalue weighted by Gasteiger charge is -2.35. The predicted octanol–water partition coefficient (Wildman–Crippen LogP) is -0.396. The van der Waals surface area contributed by atoms with Crippen LogP contribution in [0.4, 0.5) is 11.8 Å². The maximum Gasteiger partial charge on any atom is 0.224 e. The number of carbonyl (C=O) groups is 1. The molecule has 0 aliphatic carbocycles. The Hall–Kier alpha value is -2.38. The van der Waals surface area contributed by atoms with Crippen molar-refractivity contribution < 1.29 is 4.79 Å². The molecule has 0 atom stereocenters. The quantitative estimate of drug-likeness (QED) is 0.724. The molecule has 1 aliphatic rings. The summed E-state index contributed by atoms with van der Waals surface area (Å²) in [4.78, 5) is 23.6. The third kappa shape index (κ3) is 2.05. The van der Waals surface area contributed by atoms with Crippen molar-refractivity contribution in [3.63, 3.8) is 0 Å². The number of anilines is 2. The van der Waals surface area contributed by atoms with Gasteiger partial charge in [0.15, 0.2) is 5.65 Å². The summed E-state index contributed by atoms with van der Waals surface area (Å²) >= 11 is 0. The predicted molar refractivity (Wildman–Crippen MR) is 70.6 cm³/mol. The first-order valence-electron chi connectivity index (χ1n) is 6.12. The molecular weight excluding hydrogens is 246 g/mol. The van der Waals surface area contributed by atoms with Crippen LogP contribution in [0.5, 0.6) is 0 Å². The second-order valence-electron chi connectivity index (χ2n) is 4.53. The fourth-order valence-electron chi connectivity index (χ4n) is 2.31. The van der Waals surface area contributed by atoms with E-state index in [1.165, 1.54) is 0 Å². The number of hydrogen-bond donors (Lipinski definition) is 2. The minimum atomic E-state index is 0.107. The molecule has 1 amide bonds. The minimum Gasteiger partial charge on any atom is -0.368 e. The number of nitrogens with two attached hydrogens (primary N) is 1. The fraction of sp³-hybridized carbons (Fsp3) is 0.455. The van der Waals surface area contributed by atoms with Crippen molar-refractivity contribution in [2.45, 2.75) is 6.92 Å². The van der Waals surface area contributed by atoms with Gasteiger partial charge in [-0.05, 0) is 0 Å². The number of aromatic amines is 1. The Bertz CT molecular complexity index is 615. The van der Waals surface area contributed by atoms with Crippen LogP contribution in [0.3, 0.4) is 0 Å². The zero-order chi connectivity index (χ0) is 13.4. The molecule has 8 nitrogen and oxygen atoms in total. The highest BCUT2D eigenvalue weighted by Gasteiger charge is 2.22. The van der Waals surface area contributed by atoms with Gasteiger partial charge in [-0.2, -0.15) is 15.1 Å². The zero-order valence-corrected chi connectivity index (χ0v) is 10.6. The Balaban J connectivity index is 1.89. The van der Waals surface area contributed by atoms with Gasteiger partial charge in [0.25, 0.3) is 0 Å². The van der Waals surface area contributed by atoms with Crippen molar-refractivity contribution in [2.75, 3.05) is 36.8 Å². The molecule has 1 saturated heterocycles. The summed E-state index contributed by atoms with van der Waals surface area (Å²) in [5.74, 6) is 1.11. The molecule has 3 rings (SSSR count). The first-order chi connectivity index (χ1) is 9.15. The largest absolute Gasteiger partial charge is 0.368 e. The molecule has 3 N–H and O–H groups in total. The maximum absolute atomic E-state index is 11.3. The molecule has 3 heterocycles. The summed E-state index contributed by atoms with van der Waals surface area (Å²) in [7, 11) is 0. The summed E-state index contributed by atoms with van der Waals surface area (Å²) < 4.78 is 0. The Labute approximate surface area is 109 Å². The Morgan fingerprint density at radius 2 is 2.05 bits per heavy atom. The molecule has 0 aromatic carbocycles. The third-order valence-corrected chi connectivity index (χ3v) is 3.33. The lowest BCUT2D eigenvalue weighted by molar-refractivity contribution is -0.129. The minimum absolute atomic E-state index is 0.107. The molecular formula is C11H15N7O. The number of hydrogen-bond acceptors (Lipinski definition) is 6. The Morgan fingerprint density at radius 1 is 1.32 bits per heavy atom. The van der Waals surface area contributed by atoms with Crippen molar-refractivity contribution in [2.24, 2.45) is 0 Å². The molecule has 0 saturated carbocycles. The van der Waals surface area contributed by atoms with Gasteiger partial charge in [0.05, 0.1) is 11.6 Å². The number of aromatic nitrogens is 4. The summed E-state index contributed by atoms with van der Waals surface area (Å²) in [6.07, 6.45) is 1.70. The molecule has 1 fully saturated rings. The van der Waals surface area contributed by atoms with Gasteiger partial charge in [0.1, 0.15) is 5.82 Å². The van der Waals surface area contributed by atoms with Gasteiger partial charge in [-0.3, -0.25) is 9.89 Å². The van der Waals surface area contributed by atoms with Crippen LogP contribution in [0.15, 0.2) is 6.20 Å². The highest BCUT2D eigenvalue weighted by Crippen LogP contribution is 2.23. The van der Waals surface area contributed by atoms with Crippen LogP contribution in [0.2, 0.25) is 0 Å². The van der Waals surface area contributed by atoms with E-state index in [9.17, 15) is 4.79 Å². The van der Waals surface area contributed by atoms with Crippen molar-refractivity contribution in [1.29, 1.82) is 0 Å². The highest BCUT2D eigenvalue weighted by atomic mass is 16.2. The van der Waals surface area contributed by atoms with Crippen molar-refractivity contribution in [1.82, 2.24) is 25.1 Å². The standard InChI is InChI=1S/C11H15N7O/c1-7(19)17-2-4-18(5-3-17)10-8-6-13-16-9(8)14-11(12)15-10/h6H,2-5H2,1H3,(H3,12,13,14,15,16). The van der Waals surface area contributed by atoms with Crippen LogP contribution < -0.4 is 10.6 Å². The van der Waals surface area contributed by atoms with Crippen LogP contribution in [0, 0.1) is 0 Å². The molecule has 0 bridgehead atoms. The molecule has 0 unspecified atom stereocenters. The number of H-pyrrole nitrogens is 1. The number of nitrogen functional groups attached to an aromatic ring is 1. The topological polar surface area (TPSA) is 104 Å². The lowest BCUT2D eigenvalue weighted by atomic mass is 10.3. The van der Waals surface area contributed by atoms with Crippen molar-refractivity contribution in [3.05, 3.63) is 6.20 Å². The average molecular weight is 261 g/mol. The van der Waals surface area contributed by atoms with Crippen molar-refractivity contribution in [3.8, 4) is 0 Å². The number of nitrogens with zero attached hydrogens (tertiary/aromatic N) is 5. The monoisotopic (exact) mass is 261 g/mol. The fourth-order valence-corrected chi connectivity index (χ4v) is 2.31. The highest BCUT2D eigenvalue weighted by molar-refractivity contribution is 5.87. The van der Waals surface area contributed by atoms with Crippen LogP contribution in [0.1, 0.15) is 6.92 Å². The molecule has 1 aliphatic heterocycles. The molecule has 2 aromatic rings.